The van der Waals surface area contributed by atoms with Crippen molar-refractivity contribution in [3.05, 3.63) is 35.5 Å². The number of hydrogen-bond acceptors (Lipinski definition) is 4. The molecule has 3 aliphatic rings. The van der Waals surface area contributed by atoms with Crippen molar-refractivity contribution >= 4 is 0 Å². The van der Waals surface area contributed by atoms with Crippen LogP contribution in [0.25, 0.3) is 0 Å². The maximum Gasteiger partial charge on any atom is 0.0811 e. The predicted molar refractivity (Wildman–Crippen MR) is 135 cm³/mol. The molecule has 0 aromatic rings. The minimum Gasteiger partial charge on any atom is -0.393 e. The highest BCUT2D eigenvalue weighted by Crippen LogP contribution is 2.58. The van der Waals surface area contributed by atoms with Gasteiger partial charge in [0.25, 0.3) is 0 Å². The monoisotopic (exact) mass is 460 g/mol. The first-order chi connectivity index (χ1) is 15.6. The Labute approximate surface area is 201 Å². The lowest BCUT2D eigenvalue weighted by Crippen LogP contribution is -2.39. The molecule has 3 fully saturated rings. The summed E-state index contributed by atoms with van der Waals surface area (Å²) < 4.78 is 6.34. The molecule has 0 aromatic heterocycles. The molecule has 3 aliphatic carbocycles. The van der Waals surface area contributed by atoms with Crippen molar-refractivity contribution in [3.63, 3.8) is 0 Å². The van der Waals surface area contributed by atoms with Crippen molar-refractivity contribution in [1.29, 1.82) is 0 Å². The highest BCUT2D eigenvalue weighted by molar-refractivity contribution is 5.38. The summed E-state index contributed by atoms with van der Waals surface area (Å²) in [5.74, 6) is 1.14. The van der Waals surface area contributed by atoms with Gasteiger partial charge in [0.15, 0.2) is 0 Å². The van der Waals surface area contributed by atoms with Crippen LogP contribution in [0.2, 0.25) is 0 Å². The van der Waals surface area contributed by atoms with Crippen LogP contribution < -0.4 is 0 Å². The summed E-state index contributed by atoms with van der Waals surface area (Å²) in [6, 6.07) is 0. The van der Waals surface area contributed by atoms with E-state index in [4.69, 9.17) is 4.74 Å². The zero-order valence-electron chi connectivity index (χ0n) is 21.5. The third-order valence-corrected chi connectivity index (χ3v) is 9.35. The molecule has 0 radical (unpaired) electrons. The average molecular weight is 461 g/mol. The maximum atomic E-state index is 10.5. The number of aliphatic hydroxyl groups is 3. The Hall–Kier alpha value is -0.940. The topological polar surface area (TPSA) is 69.9 Å². The zero-order valence-corrected chi connectivity index (χ0v) is 21.5. The fourth-order valence-electron chi connectivity index (χ4n) is 6.91. The molecule has 0 unspecified atom stereocenters. The fraction of sp³-hybridized carbons (Fsp3) is 0.793. The van der Waals surface area contributed by atoms with Crippen molar-refractivity contribution in [2.45, 2.75) is 122 Å². The van der Waals surface area contributed by atoms with E-state index < -0.39 is 17.8 Å². The van der Waals surface area contributed by atoms with Gasteiger partial charge in [-0.1, -0.05) is 45.1 Å². The molecule has 0 aromatic carbocycles. The second kappa shape index (κ2) is 11.2. The van der Waals surface area contributed by atoms with Gasteiger partial charge in [0.05, 0.1) is 23.9 Å². The van der Waals surface area contributed by atoms with Crippen LogP contribution in [0.4, 0.5) is 0 Å². The molecule has 6 atom stereocenters. The van der Waals surface area contributed by atoms with E-state index in [2.05, 4.69) is 46.4 Å². The predicted octanol–water partition coefficient (Wildman–Crippen LogP) is 5.86. The van der Waals surface area contributed by atoms with E-state index in [0.717, 1.165) is 49.9 Å². The standard InChI is InChI=1S/C29H48O4/c1-6-29(32,7-2)16-9-17-33-21(4)25-13-14-26-22(10-8-15-28(25,26)5)11-12-23-18-24(30)19-27(31)20(23)3/h11-12,21,24-27,30-32H,3,6-10,13-19H2,1-2,4-5H3/b22-11?,23-12-/t21-,24-,25-,26+,27+,28-/m1/s1. The van der Waals surface area contributed by atoms with E-state index in [1.807, 2.05) is 0 Å². The number of ether oxygens (including phenoxy) is 1. The van der Waals surface area contributed by atoms with Crippen LogP contribution in [-0.4, -0.2) is 45.8 Å². The molecular weight excluding hydrogens is 412 g/mol. The quantitative estimate of drug-likeness (QED) is 0.377. The Morgan fingerprint density at radius 1 is 1.21 bits per heavy atom. The summed E-state index contributed by atoms with van der Waals surface area (Å²) in [6.07, 6.45) is 13.8. The minimum atomic E-state index is -0.630. The summed E-state index contributed by atoms with van der Waals surface area (Å²) in [7, 11) is 0. The van der Waals surface area contributed by atoms with Crippen LogP contribution in [0.5, 0.6) is 0 Å². The van der Waals surface area contributed by atoms with Crippen LogP contribution in [0.3, 0.4) is 0 Å². The Morgan fingerprint density at radius 2 is 1.94 bits per heavy atom. The van der Waals surface area contributed by atoms with Crippen molar-refractivity contribution in [2.75, 3.05) is 6.61 Å². The molecule has 4 heteroatoms. The average Bonchev–Trinajstić information content (AvgIpc) is 3.15. The molecule has 0 bridgehead atoms. The molecular formula is C29H48O4. The molecule has 0 saturated heterocycles. The van der Waals surface area contributed by atoms with Gasteiger partial charge >= 0.3 is 0 Å². The first kappa shape index (κ1) is 26.7. The molecule has 3 N–H and O–H groups in total. The van der Waals surface area contributed by atoms with Gasteiger partial charge in [-0.05, 0) is 99.5 Å². The molecule has 188 valence electrons. The Kier molecular flexibility index (Phi) is 9.05. The van der Waals surface area contributed by atoms with Gasteiger partial charge in [0, 0.05) is 13.0 Å². The minimum absolute atomic E-state index is 0.234. The van der Waals surface area contributed by atoms with E-state index in [0.29, 0.717) is 24.7 Å². The Balaban J connectivity index is 1.62. The zero-order chi connectivity index (χ0) is 24.2. The molecule has 0 aliphatic heterocycles. The third-order valence-electron chi connectivity index (χ3n) is 9.35. The summed E-state index contributed by atoms with van der Waals surface area (Å²) in [6.45, 7) is 13.6. The van der Waals surface area contributed by atoms with Gasteiger partial charge < -0.3 is 20.1 Å². The number of rotatable bonds is 9. The van der Waals surface area contributed by atoms with Crippen LogP contribution in [-0.2, 0) is 4.74 Å². The lowest BCUT2D eigenvalue weighted by molar-refractivity contribution is -0.0365. The summed E-state index contributed by atoms with van der Waals surface area (Å²) in [4.78, 5) is 0. The smallest absolute Gasteiger partial charge is 0.0811 e. The summed E-state index contributed by atoms with van der Waals surface area (Å²) in [5.41, 5.74) is 3.00. The van der Waals surface area contributed by atoms with E-state index in [9.17, 15) is 15.3 Å². The van der Waals surface area contributed by atoms with Gasteiger partial charge in [0.2, 0.25) is 0 Å². The highest BCUT2D eigenvalue weighted by atomic mass is 16.5. The SMILES string of the molecule is C=C1/C(=C\C=C2CCC[C@]3(C)[C@@H]([C@@H](C)OCCCC(O)(CC)CC)CC[C@@H]23)C[C@@H](O)C[C@@H]1O. The number of fused-ring (bicyclic) bond motifs is 1. The van der Waals surface area contributed by atoms with Crippen molar-refractivity contribution in [1.82, 2.24) is 0 Å². The van der Waals surface area contributed by atoms with Crippen molar-refractivity contribution in [3.8, 4) is 0 Å². The summed E-state index contributed by atoms with van der Waals surface area (Å²) in [5, 5.41) is 30.7. The van der Waals surface area contributed by atoms with Crippen molar-refractivity contribution < 1.29 is 20.1 Å². The number of aliphatic hydroxyl groups excluding tert-OH is 2. The molecule has 0 spiro atoms. The fourth-order valence-corrected chi connectivity index (χ4v) is 6.91. The van der Waals surface area contributed by atoms with E-state index in [1.165, 1.54) is 31.3 Å². The molecule has 0 heterocycles. The second-order valence-corrected chi connectivity index (χ2v) is 11.3. The lowest BCUT2D eigenvalue weighted by Gasteiger charge is -2.44. The third kappa shape index (κ3) is 6.01. The molecule has 0 amide bonds. The normalized spacial score (nSPS) is 36.4. The number of hydrogen-bond donors (Lipinski definition) is 3. The van der Waals surface area contributed by atoms with Gasteiger partial charge in [-0.25, -0.2) is 0 Å². The first-order valence-electron chi connectivity index (χ1n) is 13.4. The molecule has 3 saturated carbocycles. The van der Waals surface area contributed by atoms with E-state index >= 15 is 0 Å². The second-order valence-electron chi connectivity index (χ2n) is 11.3. The van der Waals surface area contributed by atoms with Crippen molar-refractivity contribution in [2.24, 2.45) is 17.3 Å². The van der Waals surface area contributed by atoms with Crippen LogP contribution in [0.15, 0.2) is 35.5 Å². The molecule has 3 rings (SSSR count). The van der Waals surface area contributed by atoms with Crippen LogP contribution in [0.1, 0.15) is 98.3 Å². The van der Waals surface area contributed by atoms with Gasteiger partial charge in [-0.2, -0.15) is 0 Å². The van der Waals surface area contributed by atoms with Gasteiger partial charge in [-0.3, -0.25) is 0 Å². The number of allylic oxidation sites excluding steroid dienone is 3. The van der Waals surface area contributed by atoms with Gasteiger partial charge in [-0.15, -0.1) is 0 Å². The largest absolute Gasteiger partial charge is 0.393 e. The summed E-state index contributed by atoms with van der Waals surface area (Å²) >= 11 is 0. The van der Waals surface area contributed by atoms with Crippen LogP contribution >= 0.6 is 0 Å². The molecule has 4 nitrogen and oxygen atoms in total. The Morgan fingerprint density at radius 3 is 2.64 bits per heavy atom. The van der Waals surface area contributed by atoms with E-state index in [1.54, 1.807) is 0 Å². The lowest BCUT2D eigenvalue weighted by atomic mass is 9.62. The first-order valence-corrected chi connectivity index (χ1v) is 13.4. The van der Waals surface area contributed by atoms with E-state index in [-0.39, 0.29) is 11.5 Å². The maximum absolute atomic E-state index is 10.5. The van der Waals surface area contributed by atoms with Gasteiger partial charge in [0.1, 0.15) is 0 Å². The highest BCUT2D eigenvalue weighted by Gasteiger charge is 2.51. The van der Waals surface area contributed by atoms with Crippen LogP contribution in [0, 0.1) is 17.3 Å². The Bertz CT molecular complexity index is 734. The molecule has 33 heavy (non-hydrogen) atoms.